The summed E-state index contributed by atoms with van der Waals surface area (Å²) in [4.78, 5) is 16.1. The Morgan fingerprint density at radius 2 is 2.03 bits per heavy atom. The molecule has 34 heavy (non-hydrogen) atoms. The van der Waals surface area contributed by atoms with E-state index in [1.54, 1.807) is 11.5 Å². The Kier molecular flexibility index (Phi) is 5.62. The van der Waals surface area contributed by atoms with Gasteiger partial charge in [0.1, 0.15) is 11.3 Å². The molecule has 3 heterocycles. The van der Waals surface area contributed by atoms with Gasteiger partial charge in [0.2, 0.25) is 0 Å². The molecule has 0 spiro atoms. The molecule has 0 fully saturated rings. The fraction of sp³-hybridized carbons (Fsp3) is 0.174. The molecule has 172 valence electrons. The van der Waals surface area contributed by atoms with E-state index in [0.717, 1.165) is 26.5 Å². The number of aromatic amines is 1. The van der Waals surface area contributed by atoms with Crippen molar-refractivity contribution in [3.8, 4) is 28.7 Å². The maximum Gasteiger partial charge on any atom is 0.354 e. The van der Waals surface area contributed by atoms with E-state index in [1.165, 1.54) is 0 Å². The number of halogens is 1. The Bertz CT molecular complexity index is 1510. The number of nitrogens with one attached hydrogen (secondary N) is 1. The first-order chi connectivity index (χ1) is 16.5. The number of fused-ring (bicyclic) bond motifs is 1. The number of ether oxygens (including phenoxy) is 1. The topological polar surface area (TPSA) is 132 Å². The van der Waals surface area contributed by atoms with E-state index >= 15 is 0 Å². The molecule has 0 bridgehead atoms. The zero-order chi connectivity index (χ0) is 23.8. The minimum Gasteiger partial charge on any atom is -0.477 e. The Morgan fingerprint density at radius 3 is 2.74 bits per heavy atom. The highest BCUT2D eigenvalue weighted by Crippen LogP contribution is 2.41. The van der Waals surface area contributed by atoms with Gasteiger partial charge in [0.05, 0.1) is 23.3 Å². The number of imidazole rings is 1. The van der Waals surface area contributed by atoms with Crippen LogP contribution in [0.2, 0.25) is 0 Å². The number of tetrazole rings is 1. The number of rotatable bonds is 7. The molecule has 0 saturated heterocycles. The monoisotopic (exact) mass is 522 g/mol. The van der Waals surface area contributed by atoms with Crippen LogP contribution in [0.4, 0.5) is 0 Å². The molecule has 0 aliphatic heterocycles. The van der Waals surface area contributed by atoms with Crippen molar-refractivity contribution in [1.29, 1.82) is 0 Å². The van der Waals surface area contributed by atoms with Gasteiger partial charge in [-0.1, -0.05) is 30.3 Å². The number of aryl methyl sites for hydroxylation is 1. The summed E-state index contributed by atoms with van der Waals surface area (Å²) in [7, 11) is 0. The van der Waals surface area contributed by atoms with Gasteiger partial charge in [-0.3, -0.25) is 4.57 Å². The first-order valence-corrected chi connectivity index (χ1v) is 11.2. The van der Waals surface area contributed by atoms with Gasteiger partial charge >= 0.3 is 5.97 Å². The van der Waals surface area contributed by atoms with Gasteiger partial charge < -0.3 is 14.3 Å². The van der Waals surface area contributed by atoms with Crippen molar-refractivity contribution < 1.29 is 19.1 Å². The third-order valence-electron chi connectivity index (χ3n) is 5.39. The van der Waals surface area contributed by atoms with Gasteiger partial charge in [-0.05, 0) is 57.9 Å². The lowest BCUT2D eigenvalue weighted by Crippen LogP contribution is -2.12. The molecule has 0 radical (unpaired) electrons. The second-order valence-corrected chi connectivity index (χ2v) is 8.32. The highest BCUT2D eigenvalue weighted by molar-refractivity contribution is 9.10. The van der Waals surface area contributed by atoms with E-state index in [1.807, 2.05) is 49.4 Å². The van der Waals surface area contributed by atoms with Crippen LogP contribution in [0.3, 0.4) is 0 Å². The molecule has 0 aliphatic carbocycles. The van der Waals surface area contributed by atoms with Crippen molar-refractivity contribution in [1.82, 2.24) is 30.2 Å². The largest absolute Gasteiger partial charge is 0.477 e. The van der Waals surface area contributed by atoms with Crippen LogP contribution in [0.5, 0.6) is 6.01 Å². The summed E-state index contributed by atoms with van der Waals surface area (Å²) in [5.41, 5.74) is 3.68. The molecule has 3 aromatic heterocycles. The summed E-state index contributed by atoms with van der Waals surface area (Å²) in [5.74, 6) is 0.116. The molecule has 0 atom stereocenters. The van der Waals surface area contributed by atoms with Crippen molar-refractivity contribution >= 4 is 32.9 Å². The lowest BCUT2D eigenvalue weighted by molar-refractivity contribution is 0.0683. The van der Waals surface area contributed by atoms with Crippen molar-refractivity contribution in [2.24, 2.45) is 0 Å². The van der Waals surface area contributed by atoms with E-state index in [0.29, 0.717) is 29.5 Å². The number of carboxylic acids is 1. The predicted octanol–water partition coefficient (Wildman–Crippen LogP) is 4.69. The number of furan rings is 1. The van der Waals surface area contributed by atoms with Crippen LogP contribution < -0.4 is 4.74 Å². The number of aromatic carboxylic acids is 1. The van der Waals surface area contributed by atoms with Gasteiger partial charge in [0, 0.05) is 16.5 Å². The smallest absolute Gasteiger partial charge is 0.354 e. The van der Waals surface area contributed by atoms with Gasteiger partial charge in [0.15, 0.2) is 11.5 Å². The molecular weight excluding hydrogens is 504 g/mol. The average molecular weight is 523 g/mol. The zero-order valence-electron chi connectivity index (χ0n) is 18.2. The molecule has 5 rings (SSSR count). The van der Waals surface area contributed by atoms with E-state index in [-0.39, 0.29) is 18.2 Å². The van der Waals surface area contributed by atoms with Gasteiger partial charge in [-0.15, -0.1) is 5.10 Å². The number of carboxylic acid groups (broad SMARTS) is 1. The summed E-state index contributed by atoms with van der Waals surface area (Å²) in [6, 6.07) is 13.7. The normalized spacial score (nSPS) is 11.3. The fourth-order valence-corrected chi connectivity index (χ4v) is 4.54. The maximum absolute atomic E-state index is 11.9. The number of hydrogen-bond acceptors (Lipinski definition) is 7. The lowest BCUT2D eigenvalue weighted by Gasteiger charge is -2.10. The molecule has 0 unspecified atom stereocenters. The van der Waals surface area contributed by atoms with Crippen molar-refractivity contribution in [3.05, 3.63) is 63.9 Å². The standard InChI is InChI=1S/C23H19BrN6O4/c1-3-33-23-25-12(2)19(22(31)32)30(23)11-13-8-9-17-16(10-13)18(24)20(34-17)14-6-4-5-7-15(14)21-26-28-29-27-21/h4-10H,3,11H2,1-2H3,(H,31,32)(H,26,27,28,29). The summed E-state index contributed by atoms with van der Waals surface area (Å²) >= 11 is 3.69. The Balaban J connectivity index is 1.58. The first-order valence-electron chi connectivity index (χ1n) is 10.5. The van der Waals surface area contributed by atoms with E-state index < -0.39 is 5.97 Å². The van der Waals surface area contributed by atoms with Crippen LogP contribution in [0.1, 0.15) is 28.7 Å². The summed E-state index contributed by atoms with van der Waals surface area (Å²) in [5, 5.41) is 24.7. The third kappa shape index (κ3) is 3.73. The van der Waals surface area contributed by atoms with Crippen LogP contribution in [-0.2, 0) is 6.54 Å². The second-order valence-electron chi connectivity index (χ2n) is 7.52. The Labute approximate surface area is 201 Å². The number of carbonyl (C=O) groups is 1. The van der Waals surface area contributed by atoms with Crippen molar-refractivity contribution in [2.75, 3.05) is 6.61 Å². The van der Waals surface area contributed by atoms with E-state index in [2.05, 4.69) is 41.5 Å². The van der Waals surface area contributed by atoms with Gasteiger partial charge in [0.25, 0.3) is 6.01 Å². The van der Waals surface area contributed by atoms with E-state index in [9.17, 15) is 9.90 Å². The molecule has 2 aromatic carbocycles. The van der Waals surface area contributed by atoms with Crippen molar-refractivity contribution in [3.63, 3.8) is 0 Å². The molecule has 5 aromatic rings. The summed E-state index contributed by atoms with van der Waals surface area (Å²) in [6.45, 7) is 4.15. The third-order valence-corrected chi connectivity index (χ3v) is 6.17. The first kappa shape index (κ1) is 21.8. The maximum atomic E-state index is 11.9. The Hall–Kier alpha value is -3.99. The second kappa shape index (κ2) is 8.75. The summed E-state index contributed by atoms with van der Waals surface area (Å²) in [6.07, 6.45) is 0. The number of H-pyrrole nitrogens is 1. The van der Waals surface area contributed by atoms with E-state index in [4.69, 9.17) is 9.15 Å². The van der Waals surface area contributed by atoms with Crippen LogP contribution in [0.25, 0.3) is 33.7 Å². The quantitative estimate of drug-likeness (QED) is 0.314. The van der Waals surface area contributed by atoms with Crippen LogP contribution in [0.15, 0.2) is 51.4 Å². The molecule has 2 N–H and O–H groups in total. The number of aromatic nitrogens is 6. The minimum atomic E-state index is -1.05. The zero-order valence-corrected chi connectivity index (χ0v) is 19.8. The van der Waals surface area contributed by atoms with Crippen LogP contribution in [-0.4, -0.2) is 47.9 Å². The number of nitrogens with zero attached hydrogens (tertiary/aromatic N) is 5. The highest BCUT2D eigenvalue weighted by Gasteiger charge is 2.23. The highest BCUT2D eigenvalue weighted by atomic mass is 79.9. The van der Waals surface area contributed by atoms with Crippen LogP contribution in [0, 0.1) is 6.92 Å². The minimum absolute atomic E-state index is 0.102. The van der Waals surface area contributed by atoms with Gasteiger partial charge in [-0.2, -0.15) is 4.98 Å². The molecule has 0 amide bonds. The molecule has 11 heteroatoms. The van der Waals surface area contributed by atoms with Crippen LogP contribution >= 0.6 is 15.9 Å². The molecule has 0 saturated carbocycles. The van der Waals surface area contributed by atoms with Crippen molar-refractivity contribution in [2.45, 2.75) is 20.4 Å². The number of benzene rings is 2. The molecule has 10 nitrogen and oxygen atoms in total. The fourth-order valence-electron chi connectivity index (χ4n) is 3.93. The number of hydrogen-bond donors (Lipinski definition) is 2. The molecular formula is C23H19BrN6O4. The lowest BCUT2D eigenvalue weighted by atomic mass is 10.0. The molecule has 0 aliphatic rings. The summed E-state index contributed by atoms with van der Waals surface area (Å²) < 4.78 is 14.1. The SMILES string of the molecule is CCOc1nc(C)c(C(=O)O)n1Cc1ccc2oc(-c3ccccc3-c3nnn[nH]3)c(Br)c2c1. The predicted molar refractivity (Wildman–Crippen MR) is 127 cm³/mol. The Morgan fingerprint density at radius 1 is 1.24 bits per heavy atom. The average Bonchev–Trinajstić information content (AvgIpc) is 3.53. The van der Waals surface area contributed by atoms with Gasteiger partial charge in [-0.25, -0.2) is 9.89 Å².